The zero-order valence-corrected chi connectivity index (χ0v) is 17.7. The van der Waals surface area contributed by atoms with Crippen LogP contribution in [0.15, 0.2) is 47.4 Å². The SMILES string of the molecule is COc1ccc(C(=O)OC(C)C(=O)Nc2cccc(C#N)c2)cc1S(=O)(=O)NC1CC1. The van der Waals surface area contributed by atoms with E-state index >= 15 is 0 Å². The molecule has 31 heavy (non-hydrogen) atoms. The smallest absolute Gasteiger partial charge is 0.338 e. The zero-order valence-electron chi connectivity index (χ0n) is 16.9. The van der Waals surface area contributed by atoms with Crippen LogP contribution >= 0.6 is 0 Å². The second kappa shape index (κ2) is 9.16. The largest absolute Gasteiger partial charge is 0.495 e. The number of hydrogen-bond donors (Lipinski definition) is 2. The highest BCUT2D eigenvalue weighted by molar-refractivity contribution is 7.89. The van der Waals surface area contributed by atoms with Gasteiger partial charge in [-0.25, -0.2) is 17.9 Å². The van der Waals surface area contributed by atoms with Crippen LogP contribution in [0.1, 0.15) is 35.7 Å². The predicted molar refractivity (Wildman–Crippen MR) is 111 cm³/mol. The molecule has 162 valence electrons. The third-order valence-corrected chi connectivity index (χ3v) is 6.04. The van der Waals surface area contributed by atoms with Crippen LogP contribution in [0, 0.1) is 11.3 Å². The number of methoxy groups -OCH3 is 1. The van der Waals surface area contributed by atoms with Gasteiger partial charge in [0, 0.05) is 11.7 Å². The van der Waals surface area contributed by atoms with Gasteiger partial charge in [0.1, 0.15) is 10.6 Å². The van der Waals surface area contributed by atoms with Gasteiger partial charge in [0.15, 0.2) is 6.10 Å². The molecule has 2 aromatic rings. The molecule has 3 rings (SSSR count). The monoisotopic (exact) mass is 443 g/mol. The first-order chi connectivity index (χ1) is 14.7. The van der Waals surface area contributed by atoms with E-state index in [-0.39, 0.29) is 22.3 Å². The van der Waals surface area contributed by atoms with Gasteiger partial charge >= 0.3 is 5.97 Å². The average molecular weight is 443 g/mol. The molecule has 10 heteroatoms. The maximum Gasteiger partial charge on any atom is 0.338 e. The second-order valence-electron chi connectivity index (χ2n) is 6.99. The third-order valence-electron chi connectivity index (χ3n) is 4.50. The normalized spacial score (nSPS) is 14.2. The number of esters is 1. The summed E-state index contributed by atoms with van der Waals surface area (Å²) >= 11 is 0. The molecule has 1 atom stereocenters. The lowest BCUT2D eigenvalue weighted by Crippen LogP contribution is -2.30. The lowest BCUT2D eigenvalue weighted by atomic mass is 10.2. The molecule has 0 heterocycles. The minimum absolute atomic E-state index is 0.0388. The topological polar surface area (TPSA) is 135 Å². The molecule has 1 unspecified atom stereocenters. The molecule has 0 bridgehead atoms. The van der Waals surface area contributed by atoms with Gasteiger partial charge in [-0.3, -0.25) is 4.79 Å². The van der Waals surface area contributed by atoms with Crippen molar-refractivity contribution in [2.75, 3.05) is 12.4 Å². The predicted octanol–water partition coefficient (Wildman–Crippen LogP) is 2.19. The molecule has 0 aliphatic heterocycles. The fraction of sp³-hybridized carbons (Fsp3) is 0.286. The number of rotatable bonds is 8. The number of sulfonamides is 1. The number of benzene rings is 2. The molecule has 1 amide bonds. The molecular weight excluding hydrogens is 422 g/mol. The molecule has 9 nitrogen and oxygen atoms in total. The second-order valence-corrected chi connectivity index (χ2v) is 8.67. The summed E-state index contributed by atoms with van der Waals surface area (Å²) < 4.78 is 38.0. The van der Waals surface area contributed by atoms with Crippen molar-refractivity contribution < 1.29 is 27.5 Å². The first-order valence-corrected chi connectivity index (χ1v) is 10.9. The van der Waals surface area contributed by atoms with E-state index in [9.17, 15) is 18.0 Å². The Balaban J connectivity index is 1.72. The number of ether oxygens (including phenoxy) is 2. The van der Waals surface area contributed by atoms with Crippen molar-refractivity contribution in [3.63, 3.8) is 0 Å². The number of nitrogens with one attached hydrogen (secondary N) is 2. The highest BCUT2D eigenvalue weighted by Crippen LogP contribution is 2.28. The van der Waals surface area contributed by atoms with Crippen LogP contribution in [-0.4, -0.2) is 39.5 Å². The minimum atomic E-state index is -3.88. The van der Waals surface area contributed by atoms with Crippen molar-refractivity contribution in [1.29, 1.82) is 5.26 Å². The average Bonchev–Trinajstić information content (AvgIpc) is 3.56. The van der Waals surface area contributed by atoms with E-state index in [1.807, 2.05) is 6.07 Å². The number of nitrogens with zero attached hydrogens (tertiary/aromatic N) is 1. The van der Waals surface area contributed by atoms with Gasteiger partial charge in [0.2, 0.25) is 10.0 Å². The molecule has 1 aliphatic carbocycles. The Labute approximate surface area is 180 Å². The van der Waals surface area contributed by atoms with Gasteiger partial charge in [0.25, 0.3) is 5.91 Å². The first kappa shape index (κ1) is 22.3. The molecule has 1 saturated carbocycles. The highest BCUT2D eigenvalue weighted by atomic mass is 32.2. The Morgan fingerprint density at radius 1 is 1.19 bits per heavy atom. The molecule has 1 aliphatic rings. The minimum Gasteiger partial charge on any atom is -0.495 e. The molecule has 0 saturated heterocycles. The van der Waals surface area contributed by atoms with Crippen LogP contribution in [0.3, 0.4) is 0 Å². The summed E-state index contributed by atoms with van der Waals surface area (Å²) in [7, 11) is -2.55. The van der Waals surface area contributed by atoms with Gasteiger partial charge in [-0.05, 0) is 56.2 Å². The quantitative estimate of drug-likeness (QED) is 0.597. The Morgan fingerprint density at radius 2 is 1.94 bits per heavy atom. The zero-order chi connectivity index (χ0) is 22.6. The van der Waals surface area contributed by atoms with E-state index in [2.05, 4.69) is 10.0 Å². The summed E-state index contributed by atoms with van der Waals surface area (Å²) in [5, 5.41) is 11.5. The summed E-state index contributed by atoms with van der Waals surface area (Å²) in [6.07, 6.45) is 0.352. The highest BCUT2D eigenvalue weighted by Gasteiger charge is 2.31. The van der Waals surface area contributed by atoms with Crippen LogP contribution < -0.4 is 14.8 Å². The van der Waals surface area contributed by atoms with Crippen LogP contribution in [0.2, 0.25) is 0 Å². The van der Waals surface area contributed by atoms with Gasteiger partial charge in [-0.1, -0.05) is 6.07 Å². The van der Waals surface area contributed by atoms with Crippen LogP contribution in [-0.2, 0) is 19.6 Å². The maximum atomic E-state index is 12.6. The van der Waals surface area contributed by atoms with Gasteiger partial charge < -0.3 is 14.8 Å². The summed E-state index contributed by atoms with van der Waals surface area (Å²) in [4.78, 5) is 24.7. The van der Waals surface area contributed by atoms with Crippen molar-refractivity contribution in [2.45, 2.75) is 36.8 Å². The van der Waals surface area contributed by atoms with E-state index in [0.717, 1.165) is 18.9 Å². The van der Waals surface area contributed by atoms with E-state index in [0.29, 0.717) is 11.3 Å². The summed E-state index contributed by atoms with van der Waals surface area (Å²) in [6.45, 7) is 1.39. The fourth-order valence-electron chi connectivity index (χ4n) is 2.69. The Morgan fingerprint density at radius 3 is 2.58 bits per heavy atom. The first-order valence-electron chi connectivity index (χ1n) is 9.46. The summed E-state index contributed by atoms with van der Waals surface area (Å²) in [5.74, 6) is -1.37. The number of hydrogen-bond acceptors (Lipinski definition) is 7. The van der Waals surface area contributed by atoms with Gasteiger partial charge in [0.05, 0.1) is 24.3 Å². The maximum absolute atomic E-state index is 12.6. The number of carbonyl (C=O) groups excluding carboxylic acids is 2. The van der Waals surface area contributed by atoms with Crippen LogP contribution in [0.4, 0.5) is 5.69 Å². The molecular formula is C21H21N3O6S. The molecule has 0 aromatic heterocycles. The van der Waals surface area contributed by atoms with E-state index in [4.69, 9.17) is 14.7 Å². The van der Waals surface area contributed by atoms with Gasteiger partial charge in [-0.15, -0.1) is 0 Å². The molecule has 0 spiro atoms. The standard InChI is InChI=1S/C21H21N3O6S/c1-13(20(25)23-17-5-3-4-14(10-17)12-22)30-21(26)15-6-9-18(29-2)19(11-15)31(27,28)24-16-7-8-16/h3-6,9-11,13,16,24H,7-8H2,1-2H3,(H,23,25). The lowest BCUT2D eigenvalue weighted by Gasteiger charge is -2.15. The molecule has 2 aromatic carbocycles. The number of amides is 1. The number of nitriles is 1. The molecule has 2 N–H and O–H groups in total. The van der Waals surface area contributed by atoms with Crippen molar-refractivity contribution >= 4 is 27.6 Å². The van der Waals surface area contributed by atoms with E-state index in [1.165, 1.54) is 32.2 Å². The third kappa shape index (κ3) is 5.59. The Bertz CT molecular complexity index is 1150. The van der Waals surface area contributed by atoms with Crippen molar-refractivity contribution in [3.05, 3.63) is 53.6 Å². The summed E-state index contributed by atoms with van der Waals surface area (Å²) in [5.41, 5.74) is 0.716. The van der Waals surface area contributed by atoms with Gasteiger partial charge in [-0.2, -0.15) is 5.26 Å². The molecule has 0 radical (unpaired) electrons. The number of carbonyl (C=O) groups is 2. The van der Waals surface area contributed by atoms with Crippen LogP contribution in [0.5, 0.6) is 5.75 Å². The Kier molecular flexibility index (Phi) is 6.58. The van der Waals surface area contributed by atoms with E-state index < -0.39 is 28.0 Å². The van der Waals surface area contributed by atoms with Crippen molar-refractivity contribution in [3.8, 4) is 11.8 Å². The van der Waals surface area contributed by atoms with Crippen LogP contribution in [0.25, 0.3) is 0 Å². The lowest BCUT2D eigenvalue weighted by molar-refractivity contribution is -0.123. The van der Waals surface area contributed by atoms with Crippen molar-refractivity contribution in [1.82, 2.24) is 4.72 Å². The van der Waals surface area contributed by atoms with E-state index in [1.54, 1.807) is 18.2 Å². The van der Waals surface area contributed by atoms with Crippen molar-refractivity contribution in [2.24, 2.45) is 0 Å². The Hall–Kier alpha value is -3.42. The number of anilines is 1. The summed E-state index contributed by atoms with van der Waals surface area (Å²) in [6, 6.07) is 12.0. The molecule has 1 fully saturated rings. The fourth-order valence-corrected chi connectivity index (χ4v) is 4.19.